The largest absolute Gasteiger partial charge is 0.232 e. The molecule has 0 radical (unpaired) electrons. The van der Waals surface area contributed by atoms with Crippen LogP contribution in [0.15, 0.2) is 0 Å². The van der Waals surface area contributed by atoms with Crippen LogP contribution in [-0.4, -0.2) is 13.7 Å². The van der Waals surface area contributed by atoms with Crippen molar-refractivity contribution in [2.75, 3.05) is 0 Å². The minimum Gasteiger partial charge on any atom is -0.232 e. The summed E-state index contributed by atoms with van der Waals surface area (Å²) >= 11 is 0. The zero-order valence-corrected chi connectivity index (χ0v) is 7.02. The second-order valence-corrected chi connectivity index (χ2v) is 3.74. The third kappa shape index (κ3) is 2.84. The molecule has 0 amide bonds. The fourth-order valence-corrected chi connectivity index (χ4v) is 1.65. The molecule has 0 aromatic carbocycles. The summed E-state index contributed by atoms with van der Waals surface area (Å²) in [5.74, 6) is 0.260. The highest BCUT2D eigenvalue weighted by atomic mass is 32.2. The Bertz CT molecular complexity index is 130. The quantitative estimate of drug-likeness (QED) is 0.610. The molecule has 0 saturated carbocycles. The van der Waals surface area contributed by atoms with Gasteiger partial charge in [-0.1, -0.05) is 20.8 Å². The second kappa shape index (κ2) is 3.88. The van der Waals surface area contributed by atoms with E-state index in [1.807, 2.05) is 20.8 Å². The van der Waals surface area contributed by atoms with E-state index in [2.05, 4.69) is 0 Å². The highest BCUT2D eigenvalue weighted by Crippen LogP contribution is 2.08. The fourth-order valence-electron chi connectivity index (χ4n) is 0.864. The molecule has 0 bridgehead atoms. The van der Waals surface area contributed by atoms with Crippen LogP contribution in [-0.2, 0) is 10.7 Å². The molecule has 0 rings (SSSR count). The van der Waals surface area contributed by atoms with Gasteiger partial charge in [-0.15, -0.1) is 0 Å². The van der Waals surface area contributed by atoms with E-state index in [4.69, 9.17) is 0 Å². The van der Waals surface area contributed by atoms with Crippen LogP contribution >= 0.6 is 0 Å². The molecular formula is C6H14O2S. The normalized spacial score (nSPS) is 14.8. The third-order valence-electron chi connectivity index (χ3n) is 1.46. The minimum atomic E-state index is -2.20. The van der Waals surface area contributed by atoms with Gasteiger partial charge in [0, 0.05) is 0 Å². The molecule has 0 aliphatic carbocycles. The van der Waals surface area contributed by atoms with Gasteiger partial charge in [0.2, 0.25) is 0 Å². The number of hydrogen-bond donors (Lipinski definition) is 1. The van der Waals surface area contributed by atoms with E-state index in [1.165, 1.54) is 0 Å². The molecule has 1 atom stereocenters. The molecule has 2 nitrogen and oxygen atoms in total. The Balaban J connectivity index is 3.99. The van der Waals surface area contributed by atoms with Gasteiger partial charge in [-0.25, -0.2) is 8.42 Å². The van der Waals surface area contributed by atoms with Gasteiger partial charge in [-0.05, 0) is 12.3 Å². The van der Waals surface area contributed by atoms with Crippen LogP contribution in [0.25, 0.3) is 0 Å². The monoisotopic (exact) mass is 150 g/mol. The Kier molecular flexibility index (Phi) is 3.86. The molecule has 1 unspecified atom stereocenters. The first-order valence-corrected chi connectivity index (χ1v) is 4.47. The Hall–Kier alpha value is -0.0500. The fraction of sp³-hybridized carbons (Fsp3) is 1.00. The molecule has 0 aromatic rings. The van der Waals surface area contributed by atoms with Crippen molar-refractivity contribution in [1.82, 2.24) is 0 Å². The maximum Gasteiger partial charge on any atom is 0.143 e. The highest BCUT2D eigenvalue weighted by molar-refractivity contribution is 7.73. The molecule has 0 fully saturated rings. The van der Waals surface area contributed by atoms with E-state index in [1.54, 1.807) is 0 Å². The van der Waals surface area contributed by atoms with Crippen LogP contribution in [0.4, 0.5) is 0 Å². The summed E-state index contributed by atoms with van der Waals surface area (Å²) in [5.41, 5.74) is 0. The van der Waals surface area contributed by atoms with Crippen molar-refractivity contribution < 1.29 is 8.42 Å². The maximum atomic E-state index is 10.4. The van der Waals surface area contributed by atoms with Crippen LogP contribution in [0, 0.1) is 5.92 Å². The minimum absolute atomic E-state index is 0.125. The first-order chi connectivity index (χ1) is 4.09. The van der Waals surface area contributed by atoms with Crippen LogP contribution in [0.5, 0.6) is 0 Å². The van der Waals surface area contributed by atoms with Crippen molar-refractivity contribution >= 4 is 10.7 Å². The zero-order valence-electron chi connectivity index (χ0n) is 6.13. The molecule has 0 spiro atoms. The van der Waals surface area contributed by atoms with Crippen molar-refractivity contribution in [3.8, 4) is 0 Å². The van der Waals surface area contributed by atoms with Gasteiger partial charge < -0.3 is 0 Å². The summed E-state index contributed by atoms with van der Waals surface area (Å²) in [7, 11) is -2.20. The maximum absolute atomic E-state index is 10.4. The molecule has 0 saturated heterocycles. The molecular weight excluding hydrogens is 136 g/mol. The molecule has 0 aromatic heterocycles. The molecule has 56 valence electrons. The predicted molar refractivity (Wildman–Crippen MR) is 39.2 cm³/mol. The topological polar surface area (TPSA) is 34.1 Å². The Morgan fingerprint density at radius 1 is 1.33 bits per heavy atom. The molecule has 0 aliphatic heterocycles. The first kappa shape index (κ1) is 8.95. The molecule has 0 heterocycles. The Labute approximate surface area is 58.2 Å². The van der Waals surface area contributed by atoms with Gasteiger partial charge in [-0.3, -0.25) is 0 Å². The Morgan fingerprint density at radius 3 is 1.78 bits per heavy atom. The van der Waals surface area contributed by atoms with E-state index in [0.29, 0.717) is 0 Å². The van der Waals surface area contributed by atoms with Gasteiger partial charge >= 0.3 is 0 Å². The molecule has 0 aliphatic rings. The number of hydrogen-bond acceptors (Lipinski definition) is 2. The van der Waals surface area contributed by atoms with Gasteiger partial charge in [0.25, 0.3) is 0 Å². The summed E-state index contributed by atoms with van der Waals surface area (Å²) in [6.45, 7) is 5.76. The lowest BCUT2D eigenvalue weighted by Gasteiger charge is -2.09. The number of rotatable bonds is 3. The second-order valence-electron chi connectivity index (χ2n) is 2.50. The van der Waals surface area contributed by atoms with Crippen LogP contribution < -0.4 is 0 Å². The standard InChI is InChI=1S/C6H14O2S/c1-4-6(5(2)3)9(7)8/h5-6,9H,4H2,1-3H3. The summed E-state index contributed by atoms with van der Waals surface area (Å²) in [6, 6.07) is 0. The van der Waals surface area contributed by atoms with Crippen LogP contribution in [0.1, 0.15) is 27.2 Å². The molecule has 0 N–H and O–H groups in total. The van der Waals surface area contributed by atoms with Crippen molar-refractivity contribution in [3.63, 3.8) is 0 Å². The predicted octanol–water partition coefficient (Wildman–Crippen LogP) is 1.03. The lowest BCUT2D eigenvalue weighted by molar-refractivity contribution is 0.538. The average Bonchev–Trinajstić information content (AvgIpc) is 1.64. The van der Waals surface area contributed by atoms with E-state index in [9.17, 15) is 8.42 Å². The lowest BCUT2D eigenvalue weighted by Crippen LogP contribution is -2.15. The van der Waals surface area contributed by atoms with Gasteiger partial charge in [0.1, 0.15) is 10.7 Å². The van der Waals surface area contributed by atoms with Crippen LogP contribution in [0.2, 0.25) is 0 Å². The average molecular weight is 150 g/mol. The third-order valence-corrected chi connectivity index (χ3v) is 2.96. The van der Waals surface area contributed by atoms with Gasteiger partial charge in [0.05, 0.1) is 5.25 Å². The Morgan fingerprint density at radius 2 is 1.78 bits per heavy atom. The van der Waals surface area contributed by atoms with Crippen molar-refractivity contribution in [1.29, 1.82) is 0 Å². The highest BCUT2D eigenvalue weighted by Gasteiger charge is 2.12. The van der Waals surface area contributed by atoms with E-state index in [-0.39, 0.29) is 11.2 Å². The summed E-state index contributed by atoms with van der Waals surface area (Å²) in [4.78, 5) is 0. The molecule has 3 heteroatoms. The number of thiol groups is 1. The van der Waals surface area contributed by atoms with E-state index in [0.717, 1.165) is 6.42 Å². The van der Waals surface area contributed by atoms with Crippen LogP contribution in [0.3, 0.4) is 0 Å². The van der Waals surface area contributed by atoms with Crippen molar-refractivity contribution in [2.45, 2.75) is 32.4 Å². The van der Waals surface area contributed by atoms with Crippen molar-refractivity contribution in [2.24, 2.45) is 5.92 Å². The zero-order chi connectivity index (χ0) is 7.44. The summed E-state index contributed by atoms with van der Waals surface area (Å²) in [5, 5.41) is -0.125. The molecule has 9 heavy (non-hydrogen) atoms. The van der Waals surface area contributed by atoms with Gasteiger partial charge in [-0.2, -0.15) is 0 Å². The lowest BCUT2D eigenvalue weighted by atomic mass is 10.1. The first-order valence-electron chi connectivity index (χ1n) is 3.23. The van der Waals surface area contributed by atoms with E-state index >= 15 is 0 Å². The SMILES string of the molecule is CCC(C(C)C)[SH](=O)=O. The summed E-state index contributed by atoms with van der Waals surface area (Å²) in [6.07, 6.45) is 0.733. The van der Waals surface area contributed by atoms with Crippen molar-refractivity contribution in [3.05, 3.63) is 0 Å². The van der Waals surface area contributed by atoms with Gasteiger partial charge in [0.15, 0.2) is 0 Å². The smallest absolute Gasteiger partial charge is 0.143 e. The van der Waals surface area contributed by atoms with E-state index < -0.39 is 10.7 Å². The summed E-state index contributed by atoms with van der Waals surface area (Å²) < 4.78 is 20.8.